The van der Waals surface area contributed by atoms with E-state index in [2.05, 4.69) is 49.4 Å². The second kappa shape index (κ2) is 9.15. The summed E-state index contributed by atoms with van der Waals surface area (Å²) in [5.41, 5.74) is 1.59. The zero-order chi connectivity index (χ0) is 18.2. The van der Waals surface area contributed by atoms with Crippen LogP contribution in [0.5, 0.6) is 0 Å². The van der Waals surface area contributed by atoms with Gasteiger partial charge in [-0.1, -0.05) is 18.2 Å². The summed E-state index contributed by atoms with van der Waals surface area (Å²) in [6, 6.07) is 10.4. The first-order valence-corrected chi connectivity index (χ1v) is 8.92. The molecule has 1 aliphatic heterocycles. The lowest BCUT2D eigenvalue weighted by Crippen LogP contribution is -2.46. The number of carbonyl (C=O) groups excluding carboxylic acids is 1. The van der Waals surface area contributed by atoms with Gasteiger partial charge in [0.2, 0.25) is 0 Å². The Bertz CT molecular complexity index is 685. The van der Waals surface area contributed by atoms with Crippen molar-refractivity contribution >= 4 is 17.4 Å². The van der Waals surface area contributed by atoms with Crippen molar-refractivity contribution in [2.24, 2.45) is 0 Å². The number of hydrogen-bond acceptors (Lipinski definition) is 6. The number of nitrogens with zero attached hydrogens (tertiary/aromatic N) is 4. The van der Waals surface area contributed by atoms with E-state index in [1.54, 1.807) is 19.5 Å². The normalized spacial score (nSPS) is 14.3. The zero-order valence-corrected chi connectivity index (χ0v) is 15.1. The van der Waals surface area contributed by atoms with Crippen molar-refractivity contribution in [2.45, 2.75) is 6.42 Å². The molecule has 1 amide bonds. The van der Waals surface area contributed by atoms with Gasteiger partial charge in [-0.05, 0) is 18.6 Å². The first-order chi connectivity index (χ1) is 12.8. The summed E-state index contributed by atoms with van der Waals surface area (Å²) in [6.07, 6.45) is 4.01. The third kappa shape index (κ3) is 4.70. The highest BCUT2D eigenvalue weighted by Crippen LogP contribution is 2.18. The fourth-order valence-electron chi connectivity index (χ4n) is 2.94. The summed E-state index contributed by atoms with van der Waals surface area (Å²) in [7, 11) is 1.64. The van der Waals surface area contributed by atoms with Crippen LogP contribution in [-0.4, -0.2) is 62.3 Å². The van der Waals surface area contributed by atoms with Crippen LogP contribution in [0.4, 0.5) is 11.5 Å². The van der Waals surface area contributed by atoms with Crippen molar-refractivity contribution in [3.8, 4) is 0 Å². The van der Waals surface area contributed by atoms with Crippen LogP contribution in [-0.2, 0) is 4.74 Å². The van der Waals surface area contributed by atoms with Crippen molar-refractivity contribution in [2.75, 3.05) is 56.2 Å². The number of carbonyl (C=O) groups is 1. The fourth-order valence-corrected chi connectivity index (χ4v) is 2.94. The number of methoxy groups -OCH3 is 1. The van der Waals surface area contributed by atoms with Crippen LogP contribution in [0.3, 0.4) is 0 Å². The molecule has 0 radical (unpaired) electrons. The van der Waals surface area contributed by atoms with Crippen LogP contribution in [0, 0.1) is 0 Å². The molecular formula is C19H25N5O2. The Hall–Kier alpha value is -2.67. The molecule has 0 unspecified atom stereocenters. The smallest absolute Gasteiger partial charge is 0.271 e. The average molecular weight is 355 g/mol. The molecule has 26 heavy (non-hydrogen) atoms. The molecule has 0 bridgehead atoms. The molecule has 0 spiro atoms. The average Bonchev–Trinajstić information content (AvgIpc) is 2.72. The molecule has 1 saturated heterocycles. The first kappa shape index (κ1) is 18.1. The van der Waals surface area contributed by atoms with E-state index in [1.165, 1.54) is 5.69 Å². The molecule has 3 rings (SSSR count). The Kier molecular flexibility index (Phi) is 6.38. The molecule has 1 fully saturated rings. The van der Waals surface area contributed by atoms with E-state index in [-0.39, 0.29) is 5.91 Å². The minimum absolute atomic E-state index is 0.200. The van der Waals surface area contributed by atoms with Gasteiger partial charge in [0, 0.05) is 52.1 Å². The molecule has 7 nitrogen and oxygen atoms in total. The number of para-hydroxylation sites is 1. The predicted molar refractivity (Wildman–Crippen MR) is 102 cm³/mol. The van der Waals surface area contributed by atoms with Crippen molar-refractivity contribution in [1.82, 2.24) is 15.3 Å². The monoisotopic (exact) mass is 355 g/mol. The van der Waals surface area contributed by atoms with E-state index in [4.69, 9.17) is 4.74 Å². The highest BCUT2D eigenvalue weighted by atomic mass is 16.5. The second-order valence-corrected chi connectivity index (χ2v) is 6.17. The van der Waals surface area contributed by atoms with Crippen LogP contribution in [0.2, 0.25) is 0 Å². The van der Waals surface area contributed by atoms with Gasteiger partial charge in [0.1, 0.15) is 11.5 Å². The molecule has 1 aromatic heterocycles. The number of ether oxygens (including phenoxy) is 1. The Morgan fingerprint density at radius 2 is 1.81 bits per heavy atom. The zero-order valence-electron chi connectivity index (χ0n) is 15.1. The van der Waals surface area contributed by atoms with Gasteiger partial charge in [-0.25, -0.2) is 9.97 Å². The van der Waals surface area contributed by atoms with E-state index in [9.17, 15) is 4.79 Å². The SMILES string of the molecule is COCCCNC(=O)c1cnc(N2CCN(c3ccccc3)CC2)cn1. The molecule has 0 saturated carbocycles. The Morgan fingerprint density at radius 3 is 2.46 bits per heavy atom. The number of benzene rings is 1. The van der Waals surface area contributed by atoms with Crippen molar-refractivity contribution in [1.29, 1.82) is 0 Å². The molecular weight excluding hydrogens is 330 g/mol. The lowest BCUT2D eigenvalue weighted by Gasteiger charge is -2.36. The molecule has 2 aromatic rings. The molecule has 0 aliphatic carbocycles. The summed E-state index contributed by atoms with van der Waals surface area (Å²) >= 11 is 0. The van der Waals surface area contributed by atoms with Gasteiger partial charge in [0.15, 0.2) is 0 Å². The molecule has 1 aliphatic rings. The minimum Gasteiger partial charge on any atom is -0.385 e. The number of aromatic nitrogens is 2. The molecule has 7 heteroatoms. The van der Waals surface area contributed by atoms with Crippen LogP contribution in [0.25, 0.3) is 0 Å². The van der Waals surface area contributed by atoms with Gasteiger partial charge in [0.05, 0.1) is 12.4 Å². The standard InChI is InChI=1S/C19H25N5O2/c1-26-13-5-8-20-19(25)17-14-22-18(15-21-17)24-11-9-23(10-12-24)16-6-3-2-4-7-16/h2-4,6-7,14-15H,5,8-13H2,1H3,(H,20,25). The van der Waals surface area contributed by atoms with Crippen molar-refractivity contribution in [3.63, 3.8) is 0 Å². The van der Waals surface area contributed by atoms with E-state index < -0.39 is 0 Å². The number of amides is 1. The van der Waals surface area contributed by atoms with Gasteiger partial charge in [-0.3, -0.25) is 4.79 Å². The summed E-state index contributed by atoms with van der Waals surface area (Å²) in [4.78, 5) is 25.3. The molecule has 1 aromatic carbocycles. The lowest BCUT2D eigenvalue weighted by molar-refractivity contribution is 0.0943. The Labute approximate surface area is 154 Å². The summed E-state index contributed by atoms with van der Waals surface area (Å²) in [5, 5.41) is 2.82. The summed E-state index contributed by atoms with van der Waals surface area (Å²) in [5.74, 6) is 0.614. The van der Waals surface area contributed by atoms with Gasteiger partial charge in [-0.2, -0.15) is 0 Å². The van der Waals surface area contributed by atoms with Crippen molar-refractivity contribution < 1.29 is 9.53 Å². The maximum atomic E-state index is 12.0. The lowest BCUT2D eigenvalue weighted by atomic mass is 10.2. The molecule has 138 valence electrons. The number of nitrogens with one attached hydrogen (secondary N) is 1. The Morgan fingerprint density at radius 1 is 1.08 bits per heavy atom. The van der Waals surface area contributed by atoms with Crippen LogP contribution in [0.1, 0.15) is 16.9 Å². The third-order valence-corrected chi connectivity index (χ3v) is 4.41. The van der Waals surface area contributed by atoms with E-state index in [0.29, 0.717) is 18.8 Å². The number of anilines is 2. The van der Waals surface area contributed by atoms with Crippen LogP contribution in [0.15, 0.2) is 42.7 Å². The van der Waals surface area contributed by atoms with E-state index >= 15 is 0 Å². The van der Waals surface area contributed by atoms with E-state index in [1.807, 2.05) is 6.07 Å². The largest absolute Gasteiger partial charge is 0.385 e. The van der Waals surface area contributed by atoms with Crippen LogP contribution >= 0.6 is 0 Å². The third-order valence-electron chi connectivity index (χ3n) is 4.41. The van der Waals surface area contributed by atoms with Gasteiger partial charge < -0.3 is 19.9 Å². The van der Waals surface area contributed by atoms with Gasteiger partial charge >= 0.3 is 0 Å². The maximum absolute atomic E-state index is 12.0. The molecule has 0 atom stereocenters. The molecule has 1 N–H and O–H groups in total. The summed E-state index contributed by atoms with van der Waals surface area (Å²) in [6.45, 7) is 4.83. The van der Waals surface area contributed by atoms with Crippen LogP contribution < -0.4 is 15.1 Å². The predicted octanol–water partition coefficient (Wildman–Crippen LogP) is 1.57. The number of hydrogen-bond donors (Lipinski definition) is 1. The highest BCUT2D eigenvalue weighted by molar-refractivity contribution is 5.91. The van der Waals surface area contributed by atoms with Crippen molar-refractivity contribution in [3.05, 3.63) is 48.4 Å². The van der Waals surface area contributed by atoms with Gasteiger partial charge in [-0.15, -0.1) is 0 Å². The first-order valence-electron chi connectivity index (χ1n) is 8.92. The summed E-state index contributed by atoms with van der Waals surface area (Å²) < 4.78 is 4.96. The highest BCUT2D eigenvalue weighted by Gasteiger charge is 2.19. The fraction of sp³-hybridized carbons (Fsp3) is 0.421. The quantitative estimate of drug-likeness (QED) is 0.760. The minimum atomic E-state index is -0.200. The topological polar surface area (TPSA) is 70.6 Å². The maximum Gasteiger partial charge on any atom is 0.271 e. The second-order valence-electron chi connectivity index (χ2n) is 6.17. The number of piperazine rings is 1. The van der Waals surface area contributed by atoms with Gasteiger partial charge in [0.25, 0.3) is 5.91 Å². The van der Waals surface area contributed by atoms with E-state index in [0.717, 1.165) is 38.4 Å². The Balaban J connectivity index is 1.51. The molecule has 2 heterocycles. The number of rotatable bonds is 7.